The summed E-state index contributed by atoms with van der Waals surface area (Å²) >= 11 is 0. The predicted octanol–water partition coefficient (Wildman–Crippen LogP) is 5.56. The molecule has 31 heavy (non-hydrogen) atoms. The predicted molar refractivity (Wildman–Crippen MR) is 123 cm³/mol. The van der Waals surface area contributed by atoms with Crippen molar-refractivity contribution in [1.82, 2.24) is 9.97 Å². The van der Waals surface area contributed by atoms with Crippen LogP contribution >= 0.6 is 0 Å². The first kappa shape index (κ1) is 21.0. The van der Waals surface area contributed by atoms with Crippen molar-refractivity contribution in [3.63, 3.8) is 0 Å². The molecule has 0 aliphatic heterocycles. The van der Waals surface area contributed by atoms with Crippen LogP contribution in [0.5, 0.6) is 0 Å². The molecule has 0 bridgehead atoms. The Morgan fingerprint density at radius 1 is 1.16 bits per heavy atom. The second-order valence-electron chi connectivity index (χ2n) is 8.89. The van der Waals surface area contributed by atoms with Crippen LogP contribution in [0.4, 0.5) is 5.82 Å². The van der Waals surface area contributed by atoms with Crippen molar-refractivity contribution in [2.24, 2.45) is 5.41 Å². The zero-order chi connectivity index (χ0) is 22.0. The quantitative estimate of drug-likeness (QED) is 0.553. The summed E-state index contributed by atoms with van der Waals surface area (Å²) in [4.78, 5) is 33.3. The second-order valence-corrected chi connectivity index (χ2v) is 8.89. The van der Waals surface area contributed by atoms with Gasteiger partial charge in [-0.3, -0.25) is 9.59 Å². The number of carbonyl (C=O) groups excluding carboxylic acids is 2. The van der Waals surface area contributed by atoms with Gasteiger partial charge in [0.2, 0.25) is 5.91 Å². The van der Waals surface area contributed by atoms with Crippen molar-refractivity contribution in [3.05, 3.63) is 71.0 Å². The Labute approximate surface area is 183 Å². The van der Waals surface area contributed by atoms with Gasteiger partial charge >= 0.3 is 0 Å². The number of aromatic nitrogens is 2. The molecule has 2 N–H and O–H groups in total. The van der Waals surface area contributed by atoms with E-state index in [9.17, 15) is 9.59 Å². The molecule has 0 fully saturated rings. The number of aromatic amines is 1. The highest BCUT2D eigenvalue weighted by Crippen LogP contribution is 2.35. The van der Waals surface area contributed by atoms with Crippen molar-refractivity contribution in [2.45, 2.75) is 52.9 Å². The number of nitrogens with one attached hydrogen (secondary N) is 2. The van der Waals surface area contributed by atoms with E-state index in [1.807, 2.05) is 51.1 Å². The largest absolute Gasteiger partial charge is 0.358 e. The minimum Gasteiger partial charge on any atom is -0.358 e. The smallest absolute Gasteiger partial charge is 0.231 e. The van der Waals surface area contributed by atoms with Crippen LogP contribution in [0, 0.1) is 5.41 Å². The van der Waals surface area contributed by atoms with E-state index >= 15 is 0 Å². The third-order valence-electron chi connectivity index (χ3n) is 6.30. The molecule has 0 spiro atoms. The average Bonchev–Trinajstić information content (AvgIpc) is 3.14. The lowest BCUT2D eigenvalue weighted by Crippen LogP contribution is -2.30. The third-order valence-corrected chi connectivity index (χ3v) is 6.30. The minimum absolute atomic E-state index is 0.0508. The molecule has 5 nitrogen and oxygen atoms in total. The van der Waals surface area contributed by atoms with Crippen LogP contribution in [0.2, 0.25) is 0 Å². The van der Waals surface area contributed by atoms with E-state index in [-0.39, 0.29) is 11.7 Å². The van der Waals surface area contributed by atoms with Gasteiger partial charge in [0.05, 0.1) is 5.69 Å². The molecule has 0 atom stereocenters. The molecule has 0 saturated carbocycles. The Balaban J connectivity index is 1.74. The number of carbonyl (C=O) groups is 2. The number of benzene rings is 1. The number of hydrogen-bond donors (Lipinski definition) is 2. The Kier molecular flexibility index (Phi) is 5.77. The lowest BCUT2D eigenvalue weighted by atomic mass is 9.89. The van der Waals surface area contributed by atoms with Crippen LogP contribution in [0.3, 0.4) is 0 Å². The molecule has 1 aromatic carbocycles. The molecule has 2 aromatic heterocycles. The summed E-state index contributed by atoms with van der Waals surface area (Å²) < 4.78 is 0. The zero-order valence-corrected chi connectivity index (χ0v) is 18.4. The lowest BCUT2D eigenvalue weighted by molar-refractivity contribution is -0.124. The molecule has 160 valence electrons. The summed E-state index contributed by atoms with van der Waals surface area (Å²) in [6, 6.07) is 14.0. The number of amides is 1. The fraction of sp³-hybridized carbons (Fsp3) is 0.346. The Morgan fingerprint density at radius 2 is 1.94 bits per heavy atom. The maximum absolute atomic E-state index is 12.8. The van der Waals surface area contributed by atoms with Crippen LogP contribution in [0.15, 0.2) is 48.7 Å². The number of aryl methyl sites for hydroxylation is 1. The number of nitrogens with zero attached hydrogens (tertiary/aromatic N) is 1. The van der Waals surface area contributed by atoms with Gasteiger partial charge in [0, 0.05) is 41.3 Å². The molecular formula is C26H29N3O2. The summed E-state index contributed by atoms with van der Waals surface area (Å²) in [5, 5.41) is 2.95. The van der Waals surface area contributed by atoms with E-state index in [2.05, 4.69) is 27.4 Å². The highest BCUT2D eigenvalue weighted by Gasteiger charge is 2.28. The summed E-state index contributed by atoms with van der Waals surface area (Å²) in [6.07, 6.45) is 5.47. The van der Waals surface area contributed by atoms with E-state index in [4.69, 9.17) is 0 Å². The van der Waals surface area contributed by atoms with Gasteiger partial charge in [-0.25, -0.2) is 4.98 Å². The first-order chi connectivity index (χ1) is 14.9. The van der Waals surface area contributed by atoms with Gasteiger partial charge in [-0.05, 0) is 42.5 Å². The number of fused-ring (bicyclic) bond motifs is 1. The second kappa shape index (κ2) is 8.50. The van der Waals surface area contributed by atoms with Crippen LogP contribution < -0.4 is 5.32 Å². The van der Waals surface area contributed by atoms with Crippen molar-refractivity contribution < 1.29 is 9.59 Å². The molecule has 1 amide bonds. The molecule has 0 saturated heterocycles. The standard InChI is InChI=1S/C26H29N3O2/c1-4-26(2,3)25(31)29-22-16-18(13-14-27-22)24-19(15-17-9-6-5-7-10-17)23-20(28-24)11-8-12-21(23)30/h5-7,9-10,13-14,16,28H,4,8,11-12,15H2,1-3H3,(H,27,29,31). The van der Waals surface area contributed by atoms with Gasteiger partial charge < -0.3 is 10.3 Å². The monoisotopic (exact) mass is 415 g/mol. The van der Waals surface area contributed by atoms with Crippen molar-refractivity contribution in [1.29, 1.82) is 0 Å². The fourth-order valence-corrected chi connectivity index (χ4v) is 3.99. The summed E-state index contributed by atoms with van der Waals surface area (Å²) in [6.45, 7) is 5.85. The van der Waals surface area contributed by atoms with Gasteiger partial charge in [-0.15, -0.1) is 0 Å². The normalized spacial score (nSPS) is 13.7. The van der Waals surface area contributed by atoms with Gasteiger partial charge in [0.25, 0.3) is 0 Å². The number of anilines is 1. The van der Waals surface area contributed by atoms with Gasteiger partial charge in [-0.1, -0.05) is 51.1 Å². The van der Waals surface area contributed by atoms with Crippen LogP contribution in [0.25, 0.3) is 11.3 Å². The summed E-state index contributed by atoms with van der Waals surface area (Å²) in [5.74, 6) is 0.681. The average molecular weight is 416 g/mol. The number of H-pyrrole nitrogens is 1. The van der Waals surface area contributed by atoms with E-state index in [1.54, 1.807) is 6.20 Å². The number of hydrogen-bond acceptors (Lipinski definition) is 3. The summed E-state index contributed by atoms with van der Waals surface area (Å²) in [7, 11) is 0. The number of ketones is 1. The third kappa shape index (κ3) is 4.31. The minimum atomic E-state index is -0.464. The molecule has 0 unspecified atom stereocenters. The number of pyridine rings is 1. The van der Waals surface area contributed by atoms with E-state index in [0.29, 0.717) is 18.7 Å². The molecule has 0 radical (unpaired) electrons. The zero-order valence-electron chi connectivity index (χ0n) is 18.4. The van der Waals surface area contributed by atoms with Crippen LogP contribution in [-0.4, -0.2) is 21.7 Å². The van der Waals surface area contributed by atoms with Gasteiger partial charge in [-0.2, -0.15) is 0 Å². The van der Waals surface area contributed by atoms with E-state index in [0.717, 1.165) is 52.9 Å². The van der Waals surface area contributed by atoms with Gasteiger partial charge in [0.1, 0.15) is 5.82 Å². The molecule has 4 rings (SSSR count). The number of rotatable bonds is 6. The van der Waals surface area contributed by atoms with Gasteiger partial charge in [0.15, 0.2) is 5.78 Å². The maximum Gasteiger partial charge on any atom is 0.231 e. The first-order valence-electron chi connectivity index (χ1n) is 11.0. The van der Waals surface area contributed by atoms with Crippen LogP contribution in [0.1, 0.15) is 67.2 Å². The SMILES string of the molecule is CCC(C)(C)C(=O)Nc1cc(-c2[nH]c3c(c2Cc2ccccc2)C(=O)CCC3)ccn1. The Morgan fingerprint density at radius 3 is 2.68 bits per heavy atom. The molecular weight excluding hydrogens is 386 g/mol. The topological polar surface area (TPSA) is 74.8 Å². The van der Waals surface area contributed by atoms with Crippen LogP contribution in [-0.2, 0) is 17.6 Å². The van der Waals surface area contributed by atoms with Crippen molar-refractivity contribution in [3.8, 4) is 11.3 Å². The molecule has 1 aliphatic rings. The molecule has 2 heterocycles. The molecule has 3 aromatic rings. The molecule has 5 heteroatoms. The maximum atomic E-state index is 12.8. The fourth-order valence-electron chi connectivity index (χ4n) is 3.99. The highest BCUT2D eigenvalue weighted by molar-refractivity contribution is 6.02. The van der Waals surface area contributed by atoms with E-state index in [1.165, 1.54) is 0 Å². The first-order valence-corrected chi connectivity index (χ1v) is 11.0. The number of Topliss-reactive ketones (excluding diaryl/α,β-unsaturated/α-hetero) is 1. The van der Waals surface area contributed by atoms with Crippen molar-refractivity contribution in [2.75, 3.05) is 5.32 Å². The molecule has 1 aliphatic carbocycles. The highest BCUT2D eigenvalue weighted by atomic mass is 16.2. The van der Waals surface area contributed by atoms with E-state index < -0.39 is 5.41 Å². The van der Waals surface area contributed by atoms with Crippen molar-refractivity contribution >= 4 is 17.5 Å². The Hall–Kier alpha value is -3.21. The lowest BCUT2D eigenvalue weighted by Gasteiger charge is -2.21. The summed E-state index contributed by atoms with van der Waals surface area (Å²) in [5.41, 5.74) is 5.46. The Bertz CT molecular complexity index is 1110.